The van der Waals surface area contributed by atoms with Crippen LogP contribution in [0.25, 0.3) is 0 Å². The average molecular weight is 430 g/mol. The van der Waals surface area contributed by atoms with Gasteiger partial charge in [-0.15, -0.1) is 0 Å². The monoisotopic (exact) mass is 429 g/mol. The second-order valence-corrected chi connectivity index (χ2v) is 9.63. The molecule has 2 fully saturated rings. The molecule has 0 aliphatic carbocycles. The third-order valence-electron chi connectivity index (χ3n) is 5.35. The first kappa shape index (κ1) is 21.5. The molecule has 0 spiro atoms. The van der Waals surface area contributed by atoms with Crippen molar-refractivity contribution in [2.75, 3.05) is 45.9 Å². The molecule has 2 aliphatic rings. The number of morpholine rings is 1. The minimum absolute atomic E-state index is 0.00458. The van der Waals surface area contributed by atoms with Crippen LogP contribution in [0.3, 0.4) is 0 Å². The van der Waals surface area contributed by atoms with E-state index in [1.54, 1.807) is 6.07 Å². The van der Waals surface area contributed by atoms with E-state index in [1.165, 1.54) is 16.4 Å². The van der Waals surface area contributed by atoms with Crippen LogP contribution in [-0.4, -0.2) is 75.5 Å². The molecule has 0 aromatic heterocycles. The van der Waals surface area contributed by atoms with Gasteiger partial charge >= 0.3 is 0 Å². The largest absolute Gasteiger partial charge is 0.379 e. The van der Waals surface area contributed by atoms with Crippen LogP contribution in [0, 0.1) is 0 Å². The number of carbonyl (C=O) groups excluding carboxylic acids is 1. The van der Waals surface area contributed by atoms with Gasteiger partial charge in [0.1, 0.15) is 4.90 Å². The van der Waals surface area contributed by atoms with Gasteiger partial charge in [-0.05, 0) is 38.0 Å². The average Bonchev–Trinajstić information content (AvgIpc) is 2.73. The highest BCUT2D eigenvalue weighted by atomic mass is 35.5. The lowest BCUT2D eigenvalue weighted by Crippen LogP contribution is -2.47. The van der Waals surface area contributed by atoms with E-state index in [2.05, 4.69) is 17.1 Å². The molecular weight excluding hydrogens is 402 g/mol. The number of ether oxygens (including phenoxy) is 1. The van der Waals surface area contributed by atoms with E-state index in [9.17, 15) is 13.2 Å². The summed E-state index contributed by atoms with van der Waals surface area (Å²) in [6, 6.07) is 4.61. The minimum atomic E-state index is -3.70. The summed E-state index contributed by atoms with van der Waals surface area (Å²) in [7, 11) is -3.70. The second-order valence-electron chi connectivity index (χ2n) is 7.32. The number of hydrogen-bond acceptors (Lipinski definition) is 5. The number of nitrogens with one attached hydrogen (secondary N) is 1. The van der Waals surface area contributed by atoms with E-state index in [1.807, 2.05) is 0 Å². The van der Waals surface area contributed by atoms with Gasteiger partial charge in [-0.1, -0.05) is 18.0 Å². The zero-order valence-corrected chi connectivity index (χ0v) is 17.8. The van der Waals surface area contributed by atoms with E-state index < -0.39 is 10.0 Å². The third-order valence-corrected chi connectivity index (χ3v) is 7.73. The molecule has 2 heterocycles. The van der Waals surface area contributed by atoms with Crippen LogP contribution in [-0.2, 0) is 14.8 Å². The van der Waals surface area contributed by atoms with Gasteiger partial charge in [0.05, 0.1) is 18.2 Å². The number of benzene rings is 1. The summed E-state index contributed by atoms with van der Waals surface area (Å²) < 4.78 is 32.7. The number of piperidine rings is 1. The maximum atomic E-state index is 12.9. The number of halogens is 1. The Morgan fingerprint density at radius 3 is 2.54 bits per heavy atom. The Balaban J connectivity index is 1.68. The lowest BCUT2D eigenvalue weighted by Gasteiger charge is -2.32. The highest BCUT2D eigenvalue weighted by Crippen LogP contribution is 2.27. The fourth-order valence-electron chi connectivity index (χ4n) is 3.58. The highest BCUT2D eigenvalue weighted by Gasteiger charge is 2.29. The number of hydrogen-bond donors (Lipinski definition) is 1. The van der Waals surface area contributed by atoms with Crippen LogP contribution < -0.4 is 5.32 Å². The zero-order chi connectivity index (χ0) is 20.1. The van der Waals surface area contributed by atoms with Gasteiger partial charge in [-0.25, -0.2) is 8.42 Å². The predicted octanol–water partition coefficient (Wildman–Crippen LogP) is 1.97. The van der Waals surface area contributed by atoms with Crippen molar-refractivity contribution in [3.63, 3.8) is 0 Å². The van der Waals surface area contributed by atoms with Crippen molar-refractivity contribution in [1.82, 2.24) is 14.5 Å². The van der Waals surface area contributed by atoms with Crippen LogP contribution >= 0.6 is 11.6 Å². The summed E-state index contributed by atoms with van der Waals surface area (Å²) in [5.74, 6) is -0.299. The van der Waals surface area contributed by atoms with E-state index in [4.69, 9.17) is 16.3 Å². The Bertz CT molecular complexity index is 790. The van der Waals surface area contributed by atoms with Crippen molar-refractivity contribution >= 4 is 27.5 Å². The Kier molecular flexibility index (Phi) is 7.33. The summed E-state index contributed by atoms with van der Waals surface area (Å²) in [6.07, 6.45) is 2.72. The minimum Gasteiger partial charge on any atom is -0.379 e. The molecule has 1 N–H and O–H groups in total. The predicted molar refractivity (Wildman–Crippen MR) is 108 cm³/mol. The SMILES string of the molecule is CC(CNC(=O)c1ccc(Cl)c(S(=O)(=O)N2CCCCC2)c1)N1CCOCC1. The number of rotatable bonds is 6. The van der Waals surface area contributed by atoms with Crippen LogP contribution in [0.15, 0.2) is 23.1 Å². The molecule has 156 valence electrons. The molecule has 2 saturated heterocycles. The molecule has 1 amide bonds. The van der Waals surface area contributed by atoms with Gasteiger partial charge in [-0.3, -0.25) is 9.69 Å². The molecule has 0 radical (unpaired) electrons. The van der Waals surface area contributed by atoms with Gasteiger partial charge in [-0.2, -0.15) is 4.31 Å². The molecule has 9 heteroatoms. The second kappa shape index (κ2) is 9.54. The number of nitrogens with zero attached hydrogens (tertiary/aromatic N) is 2. The van der Waals surface area contributed by atoms with E-state index in [-0.39, 0.29) is 21.9 Å². The normalized spacial score (nSPS) is 20.6. The van der Waals surface area contributed by atoms with Crippen molar-refractivity contribution in [2.45, 2.75) is 37.1 Å². The quantitative estimate of drug-likeness (QED) is 0.747. The molecular formula is C19H28ClN3O4S. The molecule has 0 bridgehead atoms. The summed E-state index contributed by atoms with van der Waals surface area (Å²) in [6.45, 7) is 6.61. The number of sulfonamides is 1. The highest BCUT2D eigenvalue weighted by molar-refractivity contribution is 7.89. The molecule has 7 nitrogen and oxygen atoms in total. The van der Waals surface area contributed by atoms with Gasteiger partial charge in [0.25, 0.3) is 5.91 Å². The van der Waals surface area contributed by atoms with E-state index in [0.29, 0.717) is 38.4 Å². The van der Waals surface area contributed by atoms with E-state index in [0.717, 1.165) is 32.4 Å². The zero-order valence-electron chi connectivity index (χ0n) is 16.2. The van der Waals surface area contributed by atoms with Gasteiger partial charge in [0.2, 0.25) is 10.0 Å². The number of carbonyl (C=O) groups is 1. The van der Waals surface area contributed by atoms with Crippen LogP contribution in [0.5, 0.6) is 0 Å². The lowest BCUT2D eigenvalue weighted by molar-refractivity contribution is 0.0204. The molecule has 0 saturated carbocycles. The lowest BCUT2D eigenvalue weighted by atomic mass is 10.2. The summed E-state index contributed by atoms with van der Waals surface area (Å²) in [5, 5.41) is 3.04. The van der Waals surface area contributed by atoms with Crippen molar-refractivity contribution in [2.24, 2.45) is 0 Å². The van der Waals surface area contributed by atoms with Gasteiger partial charge in [0.15, 0.2) is 0 Å². The van der Waals surface area contributed by atoms with Crippen molar-refractivity contribution in [3.8, 4) is 0 Å². The summed E-state index contributed by atoms with van der Waals surface area (Å²) >= 11 is 6.18. The first-order chi connectivity index (χ1) is 13.4. The molecule has 3 rings (SSSR count). The van der Waals surface area contributed by atoms with Crippen LogP contribution in [0.4, 0.5) is 0 Å². The fourth-order valence-corrected chi connectivity index (χ4v) is 5.59. The number of amides is 1. The van der Waals surface area contributed by atoms with Crippen LogP contribution in [0.2, 0.25) is 5.02 Å². The first-order valence-electron chi connectivity index (χ1n) is 9.79. The molecule has 1 aromatic carbocycles. The summed E-state index contributed by atoms with van der Waals surface area (Å²) in [5.41, 5.74) is 0.300. The van der Waals surface area contributed by atoms with Crippen LogP contribution in [0.1, 0.15) is 36.5 Å². The Labute approximate surface area is 172 Å². The molecule has 1 unspecified atom stereocenters. The Morgan fingerprint density at radius 1 is 1.18 bits per heavy atom. The summed E-state index contributed by atoms with van der Waals surface area (Å²) in [4.78, 5) is 14.9. The first-order valence-corrected chi connectivity index (χ1v) is 11.6. The molecule has 2 aliphatic heterocycles. The maximum Gasteiger partial charge on any atom is 0.251 e. The maximum absolute atomic E-state index is 12.9. The smallest absolute Gasteiger partial charge is 0.251 e. The Hall–Kier alpha value is -1.19. The van der Waals surface area contributed by atoms with Gasteiger partial charge < -0.3 is 10.1 Å². The molecule has 1 aromatic rings. The van der Waals surface area contributed by atoms with Crippen molar-refractivity contribution < 1.29 is 17.9 Å². The van der Waals surface area contributed by atoms with Crippen molar-refractivity contribution in [1.29, 1.82) is 0 Å². The standard InChI is InChI=1S/C19H28ClN3O4S/c1-15(22-9-11-27-12-10-22)14-21-19(24)16-5-6-17(20)18(13-16)28(25,26)23-7-3-2-4-8-23/h5-6,13,15H,2-4,7-12,14H2,1H3,(H,21,24). The molecule has 1 atom stereocenters. The molecule has 28 heavy (non-hydrogen) atoms. The van der Waals surface area contributed by atoms with E-state index >= 15 is 0 Å². The van der Waals surface area contributed by atoms with Gasteiger partial charge in [0, 0.05) is 44.3 Å². The third kappa shape index (κ3) is 5.04. The Morgan fingerprint density at radius 2 is 1.86 bits per heavy atom. The fraction of sp³-hybridized carbons (Fsp3) is 0.632. The topological polar surface area (TPSA) is 79.0 Å². The van der Waals surface area contributed by atoms with Crippen molar-refractivity contribution in [3.05, 3.63) is 28.8 Å².